The molecule has 1 aromatic carbocycles. The highest BCUT2D eigenvalue weighted by atomic mass is 35.5. The summed E-state index contributed by atoms with van der Waals surface area (Å²) in [4.78, 5) is 26.9. The number of carbonyl (C=O) groups excluding carboxylic acids is 1. The van der Waals surface area contributed by atoms with Crippen LogP contribution in [0.2, 0.25) is 0 Å². The van der Waals surface area contributed by atoms with Gasteiger partial charge in [-0.25, -0.2) is 4.68 Å². The molecular weight excluding hydrogens is 376 g/mol. The Morgan fingerprint density at radius 1 is 1.41 bits per heavy atom. The number of amides is 1. The zero-order chi connectivity index (χ0) is 18.5. The van der Waals surface area contributed by atoms with E-state index < -0.39 is 10.8 Å². The molecule has 1 aliphatic heterocycles. The first kappa shape index (κ1) is 20.6. The molecule has 1 aliphatic rings. The Morgan fingerprint density at radius 3 is 2.81 bits per heavy atom. The standard InChI is InChI=1S/C16H20N6O4.ClH/c1-21-16(19-15(20-21)11-6-8-17-9-7-11)18-14(23)10-26-13-5-3-2-4-12(13)22(24)25;/h2-5,11,17H,6-10H2,1H3,(H,18,19,20,23);1H. The molecule has 0 unspecified atom stereocenters. The molecule has 1 amide bonds. The molecule has 11 heteroatoms. The highest BCUT2D eigenvalue weighted by Crippen LogP contribution is 2.26. The minimum Gasteiger partial charge on any atom is -0.477 e. The van der Waals surface area contributed by atoms with Gasteiger partial charge in [-0.1, -0.05) is 12.1 Å². The number of benzene rings is 1. The van der Waals surface area contributed by atoms with Crippen LogP contribution in [-0.2, 0) is 11.8 Å². The maximum atomic E-state index is 12.1. The minimum absolute atomic E-state index is 0. The number of nitro groups is 1. The van der Waals surface area contributed by atoms with Gasteiger partial charge in [0, 0.05) is 19.0 Å². The molecule has 0 saturated carbocycles. The van der Waals surface area contributed by atoms with Crippen LogP contribution in [0.1, 0.15) is 24.6 Å². The summed E-state index contributed by atoms with van der Waals surface area (Å²) in [5.41, 5.74) is -0.188. The van der Waals surface area contributed by atoms with Crippen molar-refractivity contribution in [3.63, 3.8) is 0 Å². The summed E-state index contributed by atoms with van der Waals surface area (Å²) >= 11 is 0. The third kappa shape index (κ3) is 5.14. The highest BCUT2D eigenvalue weighted by molar-refractivity contribution is 5.90. The summed E-state index contributed by atoms with van der Waals surface area (Å²) < 4.78 is 6.79. The van der Waals surface area contributed by atoms with Gasteiger partial charge in [0.2, 0.25) is 5.95 Å². The number of para-hydroxylation sites is 2. The summed E-state index contributed by atoms with van der Waals surface area (Å²) in [7, 11) is 1.70. The van der Waals surface area contributed by atoms with Crippen LogP contribution in [0.5, 0.6) is 5.75 Å². The minimum atomic E-state index is -0.554. The number of ether oxygens (including phenoxy) is 1. The number of rotatable bonds is 6. The molecule has 10 nitrogen and oxygen atoms in total. The van der Waals surface area contributed by atoms with Gasteiger partial charge in [-0.05, 0) is 32.0 Å². The van der Waals surface area contributed by atoms with E-state index in [1.807, 2.05) is 0 Å². The van der Waals surface area contributed by atoms with Crippen molar-refractivity contribution in [2.24, 2.45) is 7.05 Å². The molecule has 3 rings (SSSR count). The number of hydrogen-bond acceptors (Lipinski definition) is 7. The summed E-state index contributed by atoms with van der Waals surface area (Å²) in [6.07, 6.45) is 1.91. The highest BCUT2D eigenvalue weighted by Gasteiger charge is 2.21. The second kappa shape index (κ2) is 9.28. The molecule has 1 saturated heterocycles. The van der Waals surface area contributed by atoms with Crippen molar-refractivity contribution >= 4 is 29.9 Å². The van der Waals surface area contributed by atoms with Gasteiger partial charge in [0.05, 0.1) is 4.92 Å². The van der Waals surface area contributed by atoms with Gasteiger partial charge in [-0.3, -0.25) is 20.2 Å². The average Bonchev–Trinajstić information content (AvgIpc) is 3.01. The zero-order valence-electron chi connectivity index (χ0n) is 14.8. The van der Waals surface area contributed by atoms with Crippen LogP contribution in [0.15, 0.2) is 24.3 Å². The number of hydrogen-bond donors (Lipinski definition) is 2. The van der Waals surface area contributed by atoms with Gasteiger partial charge < -0.3 is 10.1 Å². The van der Waals surface area contributed by atoms with Gasteiger partial charge in [0.15, 0.2) is 18.2 Å². The third-order valence-corrected chi connectivity index (χ3v) is 4.16. The van der Waals surface area contributed by atoms with Crippen molar-refractivity contribution in [3.8, 4) is 5.75 Å². The smallest absolute Gasteiger partial charge is 0.310 e. The number of nitrogens with zero attached hydrogens (tertiary/aromatic N) is 4. The summed E-state index contributed by atoms with van der Waals surface area (Å²) in [6.45, 7) is 1.49. The number of anilines is 1. The van der Waals surface area contributed by atoms with Crippen molar-refractivity contribution < 1.29 is 14.5 Å². The van der Waals surface area contributed by atoms with E-state index in [9.17, 15) is 14.9 Å². The maximum absolute atomic E-state index is 12.1. The molecule has 0 bridgehead atoms. The number of nitro benzene ring substituents is 1. The van der Waals surface area contributed by atoms with Gasteiger partial charge in [0.1, 0.15) is 0 Å². The fourth-order valence-electron chi connectivity index (χ4n) is 2.80. The Balaban J connectivity index is 0.00000261. The molecule has 2 N–H and O–H groups in total. The molecule has 0 spiro atoms. The van der Waals surface area contributed by atoms with Gasteiger partial charge in [-0.2, -0.15) is 10.1 Å². The van der Waals surface area contributed by atoms with Crippen LogP contribution in [-0.4, -0.2) is 45.3 Å². The molecule has 2 aromatic rings. The number of nitrogens with one attached hydrogen (secondary N) is 2. The van der Waals surface area contributed by atoms with E-state index in [1.165, 1.54) is 22.9 Å². The number of carbonyl (C=O) groups is 1. The first-order chi connectivity index (χ1) is 12.5. The number of aryl methyl sites for hydroxylation is 1. The number of piperidine rings is 1. The van der Waals surface area contributed by atoms with Crippen LogP contribution in [0.4, 0.5) is 11.6 Å². The zero-order valence-corrected chi connectivity index (χ0v) is 15.6. The van der Waals surface area contributed by atoms with Crippen molar-refractivity contribution in [1.29, 1.82) is 0 Å². The van der Waals surface area contributed by atoms with Crippen LogP contribution in [0.3, 0.4) is 0 Å². The Labute approximate surface area is 161 Å². The second-order valence-corrected chi connectivity index (χ2v) is 6.00. The predicted octanol–water partition coefficient (Wildman–Crippen LogP) is 1.63. The monoisotopic (exact) mass is 396 g/mol. The predicted molar refractivity (Wildman–Crippen MR) is 100 cm³/mol. The molecule has 2 heterocycles. The fraction of sp³-hybridized carbons (Fsp3) is 0.438. The van der Waals surface area contributed by atoms with Crippen LogP contribution < -0.4 is 15.4 Å². The van der Waals surface area contributed by atoms with Gasteiger partial charge in [0.25, 0.3) is 5.91 Å². The molecule has 1 fully saturated rings. The van der Waals surface area contributed by atoms with Crippen molar-refractivity contribution in [1.82, 2.24) is 20.1 Å². The lowest BCUT2D eigenvalue weighted by Gasteiger charge is -2.19. The fourth-order valence-corrected chi connectivity index (χ4v) is 2.80. The Morgan fingerprint density at radius 2 is 2.11 bits per heavy atom. The van der Waals surface area contributed by atoms with E-state index in [0.717, 1.165) is 25.9 Å². The number of halogens is 1. The van der Waals surface area contributed by atoms with E-state index >= 15 is 0 Å². The topological polar surface area (TPSA) is 124 Å². The first-order valence-electron chi connectivity index (χ1n) is 8.32. The molecule has 0 atom stereocenters. The maximum Gasteiger partial charge on any atom is 0.310 e. The average molecular weight is 397 g/mol. The van der Waals surface area contributed by atoms with Gasteiger partial charge >= 0.3 is 5.69 Å². The molecular formula is C16H21ClN6O4. The van der Waals surface area contributed by atoms with Crippen molar-refractivity contribution in [2.75, 3.05) is 25.0 Å². The normalized spacial score (nSPS) is 14.3. The molecule has 0 aliphatic carbocycles. The van der Waals surface area contributed by atoms with Gasteiger partial charge in [-0.15, -0.1) is 12.4 Å². The van der Waals surface area contributed by atoms with Crippen LogP contribution in [0.25, 0.3) is 0 Å². The van der Waals surface area contributed by atoms with E-state index in [4.69, 9.17) is 4.74 Å². The molecule has 0 radical (unpaired) electrons. The van der Waals surface area contributed by atoms with Crippen LogP contribution >= 0.6 is 12.4 Å². The van der Waals surface area contributed by atoms with E-state index in [0.29, 0.717) is 11.8 Å². The third-order valence-electron chi connectivity index (χ3n) is 4.16. The Hall–Kier alpha value is -2.72. The van der Waals surface area contributed by atoms with E-state index in [2.05, 4.69) is 20.7 Å². The van der Waals surface area contributed by atoms with Crippen molar-refractivity contribution in [3.05, 3.63) is 40.2 Å². The largest absolute Gasteiger partial charge is 0.477 e. The lowest BCUT2D eigenvalue weighted by Crippen LogP contribution is -2.27. The summed E-state index contributed by atoms with van der Waals surface area (Å²) in [5, 5.41) is 21.2. The Bertz CT molecular complexity index is 806. The van der Waals surface area contributed by atoms with Crippen molar-refractivity contribution in [2.45, 2.75) is 18.8 Å². The SMILES string of the molecule is Cl.Cn1nc(C2CCNCC2)nc1NC(=O)COc1ccccc1[N+](=O)[O-]. The second-order valence-electron chi connectivity index (χ2n) is 6.00. The molecule has 27 heavy (non-hydrogen) atoms. The lowest BCUT2D eigenvalue weighted by molar-refractivity contribution is -0.385. The Kier molecular flexibility index (Phi) is 7.08. The summed E-state index contributed by atoms with van der Waals surface area (Å²) in [5.74, 6) is 0.895. The van der Waals surface area contributed by atoms with E-state index in [-0.39, 0.29) is 36.4 Å². The lowest BCUT2D eigenvalue weighted by atomic mass is 9.98. The molecule has 1 aromatic heterocycles. The van der Waals surface area contributed by atoms with Crippen LogP contribution in [0, 0.1) is 10.1 Å². The summed E-state index contributed by atoms with van der Waals surface area (Å²) in [6, 6.07) is 5.91. The number of aromatic nitrogens is 3. The van der Waals surface area contributed by atoms with E-state index in [1.54, 1.807) is 13.1 Å². The quantitative estimate of drug-likeness (QED) is 0.561. The molecule has 146 valence electrons. The first-order valence-corrected chi connectivity index (χ1v) is 8.32.